The summed E-state index contributed by atoms with van der Waals surface area (Å²) in [6, 6.07) is 30.6. The van der Waals surface area contributed by atoms with Crippen LogP contribution in [0, 0.1) is 0 Å². The van der Waals surface area contributed by atoms with Gasteiger partial charge in [0.05, 0.1) is 0 Å². The molecule has 2 aliphatic rings. The second-order valence-electron chi connectivity index (χ2n) is 11.9. The number of hydrogen-bond donors (Lipinski definition) is 3. The number of unbranched alkanes of at least 4 members (excludes halogenated alkanes) is 3. The van der Waals surface area contributed by atoms with Gasteiger partial charge in [-0.15, -0.1) is 0 Å². The van der Waals surface area contributed by atoms with E-state index in [-0.39, 0.29) is 0 Å². The van der Waals surface area contributed by atoms with Gasteiger partial charge in [0.25, 0.3) is 0 Å². The van der Waals surface area contributed by atoms with Crippen molar-refractivity contribution in [3.05, 3.63) is 91.0 Å². The predicted molar refractivity (Wildman–Crippen MR) is 188 cm³/mol. The van der Waals surface area contributed by atoms with Gasteiger partial charge in [0.15, 0.2) is 0 Å². The molecule has 48 heavy (non-hydrogen) atoms. The molecule has 9 rings (SSSR count). The van der Waals surface area contributed by atoms with Gasteiger partial charge >= 0.3 is 278 Å². The Hall–Kier alpha value is -5.28. The average Bonchev–Trinajstić information content (AvgIpc) is 3.86. The minimum absolute atomic E-state index is 0.595. The minimum atomic E-state index is 0.595. The first kappa shape index (κ1) is 28.9. The Bertz CT molecular complexity index is 2530. The number of H-pyrrole nitrogens is 2. The van der Waals surface area contributed by atoms with Crippen molar-refractivity contribution in [2.24, 2.45) is 0 Å². The van der Waals surface area contributed by atoms with E-state index in [0.717, 1.165) is 61.2 Å². The molecule has 10 heteroatoms. The number of aromatic nitrogens is 8. The molecule has 0 amide bonds. The van der Waals surface area contributed by atoms with Crippen LogP contribution in [0.1, 0.15) is 32.6 Å². The molecule has 8 bridgehead atoms. The number of rotatable bonds is 7. The maximum absolute atomic E-state index is 5.20. The van der Waals surface area contributed by atoms with E-state index in [1.165, 1.54) is 19.3 Å². The predicted octanol–water partition coefficient (Wildman–Crippen LogP) is 7.66. The first-order valence-corrected chi connectivity index (χ1v) is 17.2. The molecule has 0 radical (unpaired) electrons. The van der Waals surface area contributed by atoms with E-state index >= 15 is 0 Å². The van der Waals surface area contributed by atoms with Crippen molar-refractivity contribution in [2.75, 3.05) is 6.54 Å². The molecule has 0 fully saturated rings. The summed E-state index contributed by atoms with van der Waals surface area (Å²) in [5.74, 6) is 2.38. The Morgan fingerprint density at radius 3 is 1.54 bits per heavy atom. The Morgan fingerprint density at radius 2 is 0.979 bits per heavy atom. The van der Waals surface area contributed by atoms with E-state index in [4.69, 9.17) is 29.9 Å². The van der Waals surface area contributed by atoms with Gasteiger partial charge in [0.1, 0.15) is 0 Å². The Balaban J connectivity index is 1.36. The zero-order chi connectivity index (χ0) is 32.0. The van der Waals surface area contributed by atoms with Gasteiger partial charge in [-0.25, -0.2) is 0 Å². The Labute approximate surface area is 282 Å². The molecule has 4 aromatic carbocycles. The topological polar surface area (TPSA) is 121 Å². The molecule has 9 nitrogen and oxygen atoms in total. The number of hydrogen-bond acceptors (Lipinski definition) is 7. The van der Waals surface area contributed by atoms with Gasteiger partial charge in [-0.1, -0.05) is 6.07 Å². The SMILES string of the molecule is CCCCCC[NH][Cu][c]1cccc2c3nc4nc(nc5[nH]c(nc6nc(nc([nH]3)c12)-c1ccccc1-6)c1ccccc51)-c1ccccc1-4. The Kier molecular flexibility index (Phi) is 7.27. The van der Waals surface area contributed by atoms with E-state index in [9.17, 15) is 0 Å². The van der Waals surface area contributed by atoms with Crippen LogP contribution in [0.4, 0.5) is 0 Å². The first-order chi connectivity index (χ1) is 23.7. The van der Waals surface area contributed by atoms with Crippen molar-refractivity contribution in [2.45, 2.75) is 32.6 Å². The molecule has 0 spiro atoms. The van der Waals surface area contributed by atoms with Crippen molar-refractivity contribution < 1.29 is 15.2 Å². The van der Waals surface area contributed by atoms with Crippen LogP contribution in [-0.2, 0) is 15.2 Å². The molecule has 0 aliphatic carbocycles. The van der Waals surface area contributed by atoms with Gasteiger partial charge in [-0.05, 0) is 0 Å². The van der Waals surface area contributed by atoms with Gasteiger partial charge in [-0.2, -0.15) is 0 Å². The van der Waals surface area contributed by atoms with Crippen LogP contribution < -0.4 is 8.79 Å². The van der Waals surface area contributed by atoms with Crippen LogP contribution in [-0.4, -0.2) is 46.4 Å². The molecule has 5 heterocycles. The zero-order valence-corrected chi connectivity index (χ0v) is 27.1. The van der Waals surface area contributed by atoms with Crippen LogP contribution in [0.3, 0.4) is 0 Å². The van der Waals surface area contributed by atoms with Gasteiger partial charge < -0.3 is 0 Å². The standard InChI is InChI=1S/C32H17N8.C6H14N.Cu/c1-2-10-18-17(9-1)25-33-26(18)38-28-21-13-5-6-14-22(21)30(35-28)40-32-24-16-8-7-15-23(24)31(36-32)39-29-20-12-4-3-11-19(20)27(34-29)37-25;1-2-3-4-5-6-7;/h1-15H,(H2,33,34,35,36,37,38,39,40);7H,2-6H2,1H3;/q;-1;+1. The molecule has 239 valence electrons. The van der Waals surface area contributed by atoms with Crippen molar-refractivity contribution in [3.8, 4) is 45.6 Å². The van der Waals surface area contributed by atoms with Crippen molar-refractivity contribution in [1.82, 2.24) is 44.2 Å². The van der Waals surface area contributed by atoms with Gasteiger partial charge in [0.2, 0.25) is 0 Å². The van der Waals surface area contributed by atoms with Gasteiger partial charge in [-0.3, -0.25) is 0 Å². The van der Waals surface area contributed by atoms with Gasteiger partial charge in [0, 0.05) is 0 Å². The monoisotopic (exact) mass is 676 g/mol. The second kappa shape index (κ2) is 12.1. The summed E-state index contributed by atoms with van der Waals surface area (Å²) in [4.78, 5) is 37.6. The molecule has 3 N–H and O–H groups in total. The fourth-order valence-corrected chi connectivity index (χ4v) is 7.37. The molecular formula is C38H31CuN9. The summed E-state index contributed by atoms with van der Waals surface area (Å²) < 4.78 is 4.63. The Morgan fingerprint density at radius 1 is 0.500 bits per heavy atom. The van der Waals surface area contributed by atoms with Crippen LogP contribution in [0.15, 0.2) is 91.0 Å². The first-order valence-electron chi connectivity index (χ1n) is 16.3. The number of nitrogens with zero attached hydrogens (tertiary/aromatic N) is 6. The third kappa shape index (κ3) is 4.97. The summed E-state index contributed by atoms with van der Waals surface area (Å²) in [5.41, 5.74) is 6.44. The summed E-state index contributed by atoms with van der Waals surface area (Å²) in [6.07, 6.45) is 4.83. The quantitative estimate of drug-likeness (QED) is 0.117. The normalized spacial score (nSPS) is 12.1. The van der Waals surface area contributed by atoms with Crippen LogP contribution in [0.5, 0.6) is 0 Å². The van der Waals surface area contributed by atoms with Crippen LogP contribution in [0.2, 0.25) is 0 Å². The third-order valence-electron chi connectivity index (χ3n) is 8.74. The second-order valence-corrected chi connectivity index (χ2v) is 12.9. The number of fused-ring (bicyclic) bond motifs is 20. The summed E-state index contributed by atoms with van der Waals surface area (Å²) >= 11 is 1.75. The summed E-state index contributed by atoms with van der Waals surface area (Å²) in [6.45, 7) is 3.16. The molecule has 0 atom stereocenters. The average molecular weight is 677 g/mol. The van der Waals surface area contributed by atoms with Crippen molar-refractivity contribution in [3.63, 3.8) is 0 Å². The maximum atomic E-state index is 5.20. The van der Waals surface area contributed by atoms with E-state index in [1.807, 2.05) is 66.7 Å². The van der Waals surface area contributed by atoms with E-state index in [1.54, 1.807) is 15.2 Å². The fourth-order valence-electron chi connectivity index (χ4n) is 6.38. The molecule has 0 saturated heterocycles. The molecule has 3 aromatic heterocycles. The summed E-state index contributed by atoms with van der Waals surface area (Å²) in [7, 11) is 0. The molecule has 7 aromatic rings. The van der Waals surface area contributed by atoms with Crippen molar-refractivity contribution >= 4 is 48.6 Å². The zero-order valence-electron chi connectivity index (χ0n) is 26.2. The molecule has 2 aliphatic heterocycles. The van der Waals surface area contributed by atoms with Crippen molar-refractivity contribution in [1.29, 1.82) is 0 Å². The number of aromatic amines is 2. The molecule has 0 unspecified atom stereocenters. The third-order valence-corrected chi connectivity index (χ3v) is 9.78. The fraction of sp³-hybridized carbons (Fsp3) is 0.158. The van der Waals surface area contributed by atoms with E-state index in [0.29, 0.717) is 45.9 Å². The van der Waals surface area contributed by atoms with Crippen LogP contribution >= 0.6 is 0 Å². The number of nitrogens with one attached hydrogen (secondary N) is 3. The van der Waals surface area contributed by atoms with E-state index in [2.05, 4.69) is 45.5 Å². The number of benzene rings is 4. The molecule has 0 saturated carbocycles. The summed E-state index contributed by atoms with van der Waals surface area (Å²) in [5, 5.41) is 3.84. The van der Waals surface area contributed by atoms with E-state index < -0.39 is 0 Å². The van der Waals surface area contributed by atoms with Crippen LogP contribution in [0.25, 0.3) is 89.7 Å². The molecular weight excluding hydrogens is 646 g/mol.